The molecule has 0 rings (SSSR count). The average Bonchev–Trinajstić information content (AvgIpc) is 1.83. The van der Waals surface area contributed by atoms with E-state index in [1.807, 2.05) is 6.26 Å². The van der Waals surface area contributed by atoms with E-state index in [1.165, 1.54) is 11.8 Å². The second-order valence-corrected chi connectivity index (χ2v) is 2.09. The van der Waals surface area contributed by atoms with E-state index in [0.717, 1.165) is 11.7 Å². The third-order valence-corrected chi connectivity index (χ3v) is 1.22. The molecule has 0 aromatic carbocycles. The van der Waals surface area contributed by atoms with Crippen LogP contribution in [-0.4, -0.2) is 18.0 Å². The molecule has 0 aliphatic rings. The molecule has 0 heterocycles. The van der Waals surface area contributed by atoms with Crippen LogP contribution in [0.25, 0.3) is 0 Å². The van der Waals surface area contributed by atoms with Crippen molar-refractivity contribution in [2.45, 2.75) is 0 Å². The van der Waals surface area contributed by atoms with Gasteiger partial charge in [-0.2, -0.15) is 0 Å². The lowest BCUT2D eigenvalue weighted by atomic mass is 10.7. The Morgan fingerprint density at radius 1 is 2.00 bits per heavy atom. The summed E-state index contributed by atoms with van der Waals surface area (Å²) in [5.74, 6) is 0. The molecule has 0 radical (unpaired) electrons. The zero-order chi connectivity index (χ0) is 6.41. The van der Waals surface area contributed by atoms with E-state index >= 15 is 0 Å². The van der Waals surface area contributed by atoms with Gasteiger partial charge in [0.25, 0.3) is 0 Å². The molecule has 0 unspecified atom stereocenters. The third-order valence-electron chi connectivity index (χ3n) is 0.641. The molecule has 3 N–H and O–H groups in total. The van der Waals surface area contributed by atoms with Crippen LogP contribution in [0.3, 0.4) is 0 Å². The van der Waals surface area contributed by atoms with Crippen LogP contribution in [-0.2, 0) is 0 Å². The topological polar surface area (TPSA) is 40.0 Å². The Morgan fingerprint density at radius 2 is 2.62 bits per heavy atom. The Hall–Kier alpha value is -0.440. The van der Waals surface area contributed by atoms with Crippen LogP contribution in [0.1, 0.15) is 0 Å². The predicted octanol–water partition coefficient (Wildman–Crippen LogP) is -1.07. The predicted molar refractivity (Wildman–Crippen MR) is 38.7 cm³/mol. The second kappa shape index (κ2) is 4.71. The van der Waals surface area contributed by atoms with Crippen molar-refractivity contribution in [1.82, 2.24) is 0 Å². The van der Waals surface area contributed by atoms with E-state index < -0.39 is 0 Å². The molecule has 3 heteroatoms. The van der Waals surface area contributed by atoms with Crippen LogP contribution >= 0.6 is 11.8 Å². The van der Waals surface area contributed by atoms with Gasteiger partial charge in [0.1, 0.15) is 6.54 Å². The molecular weight excluding hydrogens is 120 g/mol. The molecule has 0 saturated heterocycles. The lowest BCUT2D eigenvalue weighted by Crippen LogP contribution is -2.74. The summed E-state index contributed by atoms with van der Waals surface area (Å²) >= 11 is 1.50. The summed E-state index contributed by atoms with van der Waals surface area (Å²) in [4.78, 5) is 2.92. The minimum Gasteiger partial charge on any atom is -0.282 e. The van der Waals surface area contributed by atoms with Gasteiger partial charge in [-0.05, 0) is 18.0 Å². The highest BCUT2D eigenvalue weighted by Gasteiger charge is 1.88. The van der Waals surface area contributed by atoms with Gasteiger partial charge in [-0.25, -0.2) is 0 Å². The lowest BCUT2D eigenvalue weighted by molar-refractivity contribution is -0.442. The van der Waals surface area contributed by atoms with Gasteiger partial charge in [0.05, 0.1) is 0 Å². The smallest absolute Gasteiger partial charge is 0.282 e. The monoisotopic (exact) mass is 131 g/mol. The molecule has 0 spiro atoms. The Bertz CT molecular complexity index is 98.6. The molecule has 46 valence electrons. The third kappa shape index (κ3) is 3.74. The number of hydrogen-bond acceptors (Lipinski definition) is 1. The fourth-order valence-electron chi connectivity index (χ4n) is 0.245. The van der Waals surface area contributed by atoms with Crippen LogP contribution in [0.4, 0.5) is 0 Å². The average molecular weight is 131 g/mol. The van der Waals surface area contributed by atoms with Crippen molar-refractivity contribution >= 4 is 16.9 Å². The van der Waals surface area contributed by atoms with Crippen LogP contribution in [0, 0.1) is 0 Å². The number of rotatable bonds is 2. The first-order chi connectivity index (χ1) is 3.81. The number of nitrogens with two attached hydrogens (primary N) is 1. The lowest BCUT2D eigenvalue weighted by Gasteiger charge is -1.82. The van der Waals surface area contributed by atoms with E-state index in [9.17, 15) is 0 Å². The van der Waals surface area contributed by atoms with E-state index in [2.05, 4.69) is 11.6 Å². The molecule has 0 aliphatic carbocycles. The summed E-state index contributed by atoms with van der Waals surface area (Å²) in [7, 11) is 0. The van der Waals surface area contributed by atoms with Crippen molar-refractivity contribution in [3.63, 3.8) is 0 Å². The first kappa shape index (κ1) is 7.56. The van der Waals surface area contributed by atoms with Gasteiger partial charge in [0.2, 0.25) is 0 Å². The Labute approximate surface area is 53.9 Å². The Morgan fingerprint density at radius 3 is 3.00 bits per heavy atom. The summed E-state index contributed by atoms with van der Waals surface area (Å²) in [6.45, 7) is 4.27. The molecule has 8 heavy (non-hydrogen) atoms. The largest absolute Gasteiger partial charge is 0.301 e. The van der Waals surface area contributed by atoms with Crippen LogP contribution < -0.4 is 10.7 Å². The first-order valence-corrected chi connectivity index (χ1v) is 3.55. The van der Waals surface area contributed by atoms with Gasteiger partial charge in [-0.15, -0.1) is 0 Å². The molecule has 0 amide bonds. The number of nitrogens with one attached hydrogen (secondary N) is 1. The van der Waals surface area contributed by atoms with Crippen molar-refractivity contribution in [2.24, 2.45) is 5.73 Å². The maximum atomic E-state index is 5.38. The van der Waals surface area contributed by atoms with Gasteiger partial charge in [-0.1, -0.05) is 12.7 Å². The minimum absolute atomic E-state index is 0.741. The van der Waals surface area contributed by atoms with Gasteiger partial charge in [-0.3, -0.25) is 10.7 Å². The number of thioether (sulfide) groups is 1. The van der Waals surface area contributed by atoms with Crippen molar-refractivity contribution in [3.8, 4) is 0 Å². The fourth-order valence-corrected chi connectivity index (χ4v) is 0.473. The quantitative estimate of drug-likeness (QED) is 0.285. The maximum Gasteiger partial charge on any atom is 0.301 e. The normalized spacial score (nSPS) is 11.4. The Kier molecular flexibility index (Phi) is 4.45. The number of amidine groups is 1. The van der Waals surface area contributed by atoms with E-state index in [4.69, 9.17) is 5.73 Å². The molecule has 2 nitrogen and oxygen atoms in total. The molecule has 0 aromatic heterocycles. The second-order valence-electron chi connectivity index (χ2n) is 1.24. The van der Waals surface area contributed by atoms with Crippen molar-refractivity contribution < 1.29 is 4.99 Å². The minimum atomic E-state index is 0.741. The Balaban J connectivity index is 3.40. The summed E-state index contributed by atoms with van der Waals surface area (Å²) in [6, 6.07) is 0. The maximum absolute atomic E-state index is 5.38. The van der Waals surface area contributed by atoms with E-state index in [0.29, 0.717) is 0 Å². The van der Waals surface area contributed by atoms with Gasteiger partial charge in [0.15, 0.2) is 0 Å². The molecule has 0 atom stereocenters. The zero-order valence-corrected chi connectivity index (χ0v) is 5.79. The molecule has 0 aromatic rings. The van der Waals surface area contributed by atoms with Crippen LogP contribution in [0.5, 0.6) is 0 Å². The SMILES string of the molecule is C=CC[NH+]=C(N)SC. The zero-order valence-electron chi connectivity index (χ0n) is 4.98. The van der Waals surface area contributed by atoms with Crippen LogP contribution in [0.15, 0.2) is 12.7 Å². The first-order valence-electron chi connectivity index (χ1n) is 2.32. The van der Waals surface area contributed by atoms with Crippen molar-refractivity contribution in [1.29, 1.82) is 0 Å². The van der Waals surface area contributed by atoms with Crippen molar-refractivity contribution in [2.75, 3.05) is 12.8 Å². The number of hydrogen-bond donors (Lipinski definition) is 2. The standard InChI is InChI=1S/C5H10N2S/c1-3-4-7-5(6)8-2/h3H,1,4H2,2H3,(H2,6,7)/p+1. The molecular formula is C5H11N2S+. The van der Waals surface area contributed by atoms with Crippen molar-refractivity contribution in [3.05, 3.63) is 12.7 Å². The summed E-state index contributed by atoms with van der Waals surface area (Å²) in [5, 5.41) is 0.741. The van der Waals surface area contributed by atoms with Crippen LogP contribution in [0.2, 0.25) is 0 Å². The highest BCUT2D eigenvalue weighted by Crippen LogP contribution is 1.80. The molecule has 0 fully saturated rings. The van der Waals surface area contributed by atoms with E-state index in [-0.39, 0.29) is 0 Å². The van der Waals surface area contributed by atoms with Gasteiger partial charge in [0, 0.05) is 0 Å². The summed E-state index contributed by atoms with van der Waals surface area (Å²) in [5.41, 5.74) is 5.38. The van der Waals surface area contributed by atoms with E-state index in [1.54, 1.807) is 6.08 Å². The molecule has 0 saturated carbocycles. The highest BCUT2D eigenvalue weighted by atomic mass is 32.2. The van der Waals surface area contributed by atoms with Gasteiger partial charge >= 0.3 is 5.17 Å². The summed E-state index contributed by atoms with van der Waals surface area (Å²) < 4.78 is 0. The summed E-state index contributed by atoms with van der Waals surface area (Å²) in [6.07, 6.45) is 3.69. The molecule has 0 bridgehead atoms. The van der Waals surface area contributed by atoms with Gasteiger partial charge < -0.3 is 0 Å². The fraction of sp³-hybridized carbons (Fsp3) is 0.400. The highest BCUT2D eigenvalue weighted by molar-refractivity contribution is 8.12. The molecule has 0 aliphatic heterocycles.